The number of hydrogen-bond donors (Lipinski definition) is 1. The molecule has 0 aliphatic heterocycles. The molecule has 8 nitrogen and oxygen atoms in total. The van der Waals surface area contributed by atoms with Gasteiger partial charge in [0.15, 0.2) is 0 Å². The monoisotopic (exact) mass is 252 g/mol. The molecule has 0 aliphatic carbocycles. The van der Waals surface area contributed by atoms with Gasteiger partial charge >= 0.3 is 17.4 Å². The van der Waals surface area contributed by atoms with Gasteiger partial charge in [-0.1, -0.05) is 30.3 Å². The van der Waals surface area contributed by atoms with E-state index in [1.54, 1.807) is 18.2 Å². The van der Waals surface area contributed by atoms with Gasteiger partial charge in [-0.15, -0.1) is 0 Å². The molecule has 18 heavy (non-hydrogen) atoms. The van der Waals surface area contributed by atoms with Gasteiger partial charge in [-0.2, -0.15) is 0 Å². The van der Waals surface area contributed by atoms with Crippen LogP contribution < -0.4 is 0 Å². The van der Waals surface area contributed by atoms with Crippen LogP contribution in [0.2, 0.25) is 0 Å². The third kappa shape index (κ3) is 3.11. The fourth-order valence-corrected chi connectivity index (χ4v) is 1.33. The van der Waals surface area contributed by atoms with E-state index < -0.39 is 33.6 Å². The molecule has 1 N–H and O–H groups in total. The van der Waals surface area contributed by atoms with E-state index in [9.17, 15) is 25.0 Å². The summed E-state index contributed by atoms with van der Waals surface area (Å²) in [6.45, 7) is 0. The first-order valence-corrected chi connectivity index (χ1v) is 4.72. The number of nitro groups is 2. The molecule has 0 aliphatic rings. The number of allylic oxidation sites excluding steroid dienone is 1. The van der Waals surface area contributed by atoms with Gasteiger partial charge in [-0.05, 0) is 5.56 Å². The number of nitrogens with zero attached hydrogens (tertiary/aromatic N) is 2. The van der Waals surface area contributed by atoms with Crippen LogP contribution in [0.5, 0.6) is 0 Å². The van der Waals surface area contributed by atoms with Crippen LogP contribution in [-0.4, -0.2) is 20.9 Å². The molecule has 0 atom stereocenters. The lowest BCUT2D eigenvalue weighted by Gasteiger charge is -1.99. The molecule has 0 fully saturated rings. The van der Waals surface area contributed by atoms with Crippen LogP contribution in [0.4, 0.5) is 0 Å². The Morgan fingerprint density at radius 3 is 2.06 bits per heavy atom. The molecule has 0 bridgehead atoms. The first-order chi connectivity index (χ1) is 8.43. The van der Waals surface area contributed by atoms with Crippen molar-refractivity contribution < 1.29 is 19.7 Å². The Morgan fingerprint density at radius 2 is 1.67 bits per heavy atom. The Balaban J connectivity index is 3.25. The molecule has 8 heteroatoms. The Morgan fingerprint density at radius 1 is 1.11 bits per heavy atom. The van der Waals surface area contributed by atoms with Gasteiger partial charge in [-0.25, -0.2) is 4.79 Å². The normalized spacial score (nSPS) is 11.6. The number of hydrogen-bond acceptors (Lipinski definition) is 5. The van der Waals surface area contributed by atoms with Crippen molar-refractivity contribution in [2.75, 3.05) is 0 Å². The zero-order chi connectivity index (χ0) is 13.7. The van der Waals surface area contributed by atoms with Crippen molar-refractivity contribution in [1.82, 2.24) is 0 Å². The highest BCUT2D eigenvalue weighted by Crippen LogP contribution is 2.14. The van der Waals surface area contributed by atoms with E-state index in [0.29, 0.717) is 5.56 Å². The largest absolute Gasteiger partial charge is 0.473 e. The molecular weight excluding hydrogens is 244 g/mol. The molecule has 94 valence electrons. The van der Waals surface area contributed by atoms with Gasteiger partial charge in [0.2, 0.25) is 0 Å². The minimum Gasteiger partial charge on any atom is -0.473 e. The molecule has 1 aromatic carbocycles. The average Bonchev–Trinajstić information content (AvgIpc) is 2.28. The van der Waals surface area contributed by atoms with Crippen LogP contribution in [0.3, 0.4) is 0 Å². The fourth-order valence-electron chi connectivity index (χ4n) is 1.33. The maximum Gasteiger partial charge on any atom is 0.425 e. The number of benzene rings is 1. The predicted molar refractivity (Wildman–Crippen MR) is 58.8 cm³/mol. The lowest BCUT2D eigenvalue weighted by molar-refractivity contribution is -0.469. The van der Waals surface area contributed by atoms with Crippen LogP contribution in [0.1, 0.15) is 5.56 Å². The first kappa shape index (κ1) is 13.3. The molecule has 0 radical (unpaired) electrons. The van der Waals surface area contributed by atoms with Gasteiger partial charge < -0.3 is 5.11 Å². The summed E-state index contributed by atoms with van der Waals surface area (Å²) in [5.41, 5.74) is -1.94. The minimum absolute atomic E-state index is 0.420. The van der Waals surface area contributed by atoms with Crippen LogP contribution in [-0.2, 0) is 11.2 Å². The van der Waals surface area contributed by atoms with Crippen LogP contribution in [0, 0.1) is 20.2 Å². The second-order valence-electron chi connectivity index (χ2n) is 3.28. The summed E-state index contributed by atoms with van der Waals surface area (Å²) in [7, 11) is 0. The SMILES string of the molecule is O=C(O)/C(=C(/Cc1ccccc1)[N+](=O)[O-])[N+](=O)[O-]. The summed E-state index contributed by atoms with van der Waals surface area (Å²) < 4.78 is 0. The molecule has 0 aromatic heterocycles. The Kier molecular flexibility index (Phi) is 4.08. The van der Waals surface area contributed by atoms with Gasteiger partial charge in [0.05, 0.1) is 16.3 Å². The summed E-state index contributed by atoms with van der Waals surface area (Å²) in [6, 6.07) is 7.90. The summed E-state index contributed by atoms with van der Waals surface area (Å²) >= 11 is 0. The van der Waals surface area contributed by atoms with Crippen molar-refractivity contribution in [3.63, 3.8) is 0 Å². The maximum atomic E-state index is 10.7. The Bertz CT molecular complexity index is 506. The van der Waals surface area contributed by atoms with E-state index in [-0.39, 0.29) is 0 Å². The lowest BCUT2D eigenvalue weighted by Crippen LogP contribution is -2.18. The van der Waals surface area contributed by atoms with E-state index in [4.69, 9.17) is 5.11 Å². The van der Waals surface area contributed by atoms with E-state index in [1.165, 1.54) is 12.1 Å². The van der Waals surface area contributed by atoms with Crippen LogP contribution >= 0.6 is 0 Å². The number of carboxylic acid groups (broad SMARTS) is 1. The molecule has 0 saturated heterocycles. The Hall–Kier alpha value is -2.77. The number of carbonyl (C=O) groups is 1. The minimum atomic E-state index is -1.93. The molecule has 0 heterocycles. The second-order valence-corrected chi connectivity index (χ2v) is 3.28. The highest BCUT2D eigenvalue weighted by Gasteiger charge is 2.35. The van der Waals surface area contributed by atoms with Crippen molar-refractivity contribution in [2.45, 2.75) is 6.42 Å². The summed E-state index contributed by atoms with van der Waals surface area (Å²) in [5, 5.41) is 29.9. The van der Waals surface area contributed by atoms with Crippen molar-refractivity contribution in [1.29, 1.82) is 0 Å². The predicted octanol–water partition coefficient (Wildman–Crippen LogP) is 1.08. The van der Waals surface area contributed by atoms with Crippen molar-refractivity contribution in [3.8, 4) is 0 Å². The molecule has 0 spiro atoms. The number of aliphatic carboxylic acids is 1. The smallest absolute Gasteiger partial charge is 0.425 e. The molecule has 1 rings (SSSR count). The molecular formula is C10H8N2O6. The number of carboxylic acids is 1. The molecule has 0 saturated carbocycles. The van der Waals surface area contributed by atoms with Crippen molar-refractivity contribution in [2.24, 2.45) is 0 Å². The van der Waals surface area contributed by atoms with E-state index >= 15 is 0 Å². The Labute approximate surface area is 100 Å². The molecule has 0 amide bonds. The number of rotatable bonds is 5. The summed E-state index contributed by atoms with van der Waals surface area (Å²) in [5.74, 6) is -1.93. The van der Waals surface area contributed by atoms with E-state index in [1.807, 2.05) is 0 Å². The zero-order valence-electron chi connectivity index (χ0n) is 8.98. The fraction of sp³-hybridized carbons (Fsp3) is 0.100. The van der Waals surface area contributed by atoms with Gasteiger partial charge in [0, 0.05) is 0 Å². The first-order valence-electron chi connectivity index (χ1n) is 4.72. The summed E-state index contributed by atoms with van der Waals surface area (Å²) in [4.78, 5) is 29.6. The molecule has 1 aromatic rings. The zero-order valence-corrected chi connectivity index (χ0v) is 8.98. The van der Waals surface area contributed by atoms with Crippen LogP contribution in [0.15, 0.2) is 41.7 Å². The second kappa shape index (κ2) is 5.53. The van der Waals surface area contributed by atoms with E-state index in [0.717, 1.165) is 0 Å². The van der Waals surface area contributed by atoms with Crippen LogP contribution in [0.25, 0.3) is 0 Å². The maximum absolute atomic E-state index is 10.7. The summed E-state index contributed by atoms with van der Waals surface area (Å²) in [6.07, 6.45) is -0.420. The van der Waals surface area contributed by atoms with Crippen molar-refractivity contribution >= 4 is 5.97 Å². The highest BCUT2D eigenvalue weighted by molar-refractivity contribution is 5.84. The van der Waals surface area contributed by atoms with E-state index in [2.05, 4.69) is 0 Å². The van der Waals surface area contributed by atoms with Gasteiger partial charge in [0.25, 0.3) is 0 Å². The highest BCUT2D eigenvalue weighted by atomic mass is 16.6. The third-order valence-corrected chi connectivity index (χ3v) is 2.09. The quantitative estimate of drug-likeness (QED) is 0.475. The topological polar surface area (TPSA) is 124 Å². The average molecular weight is 252 g/mol. The van der Waals surface area contributed by atoms with Gasteiger partial charge in [0.1, 0.15) is 0 Å². The standard InChI is InChI=1S/C10H8N2O6/c13-10(14)9(12(17)18)8(11(15)16)6-7-4-2-1-3-5-7/h1-5H,6H2,(H,13,14)/b9-8+. The van der Waals surface area contributed by atoms with Gasteiger partial charge in [-0.3, -0.25) is 20.2 Å². The molecule has 0 unspecified atom stereocenters. The third-order valence-electron chi connectivity index (χ3n) is 2.09. The lowest BCUT2D eigenvalue weighted by atomic mass is 10.1. The van der Waals surface area contributed by atoms with Crippen molar-refractivity contribution in [3.05, 3.63) is 67.5 Å².